The third-order valence-corrected chi connectivity index (χ3v) is 8.04. The maximum atomic E-state index is 13.7. The molecule has 0 N–H and O–H groups in total. The maximum Gasteiger partial charge on any atom is 0.256 e. The molecule has 3 aromatic rings. The van der Waals surface area contributed by atoms with Gasteiger partial charge in [0.05, 0.1) is 30.9 Å². The van der Waals surface area contributed by atoms with Gasteiger partial charge in [-0.15, -0.1) is 0 Å². The van der Waals surface area contributed by atoms with Crippen molar-refractivity contribution in [2.24, 2.45) is 0 Å². The van der Waals surface area contributed by atoms with Gasteiger partial charge in [-0.05, 0) is 31.0 Å². The molecule has 6 nitrogen and oxygen atoms in total. The molecule has 178 valence electrons. The zero-order chi connectivity index (χ0) is 23.1. The van der Waals surface area contributed by atoms with E-state index in [0.29, 0.717) is 11.6 Å². The van der Waals surface area contributed by atoms with E-state index in [1.54, 1.807) is 0 Å². The lowest BCUT2D eigenvalue weighted by molar-refractivity contribution is 0.0365. The van der Waals surface area contributed by atoms with Crippen LogP contribution < -0.4 is 4.74 Å². The van der Waals surface area contributed by atoms with Crippen LogP contribution in [0.25, 0.3) is 10.9 Å². The summed E-state index contributed by atoms with van der Waals surface area (Å²) in [6.07, 6.45) is 3.89. The van der Waals surface area contributed by atoms with E-state index in [1.807, 2.05) is 35.4 Å². The summed E-state index contributed by atoms with van der Waals surface area (Å²) < 4.78 is 13.7. The highest BCUT2D eigenvalue weighted by Gasteiger charge is 2.43. The average molecular weight is 480 g/mol. The summed E-state index contributed by atoms with van der Waals surface area (Å²) in [5, 5.41) is 1.67. The smallest absolute Gasteiger partial charge is 0.256 e. The van der Waals surface area contributed by atoms with Crippen molar-refractivity contribution in [2.45, 2.75) is 24.8 Å². The Morgan fingerprint density at radius 2 is 1.79 bits per heavy atom. The standard InChI is InChI=1S/C27H30ClN3O3/c28-20-5-6-21-22(18-31(24(21)17-20)12-11-29-13-15-33-16-14-29)26(32)30-9-7-27(8-10-30)19-34-25-4-2-1-3-23(25)27/h1-6,17-18H,7-16,19H2. The summed E-state index contributed by atoms with van der Waals surface area (Å²) in [5.74, 6) is 1.11. The van der Waals surface area contributed by atoms with Crippen molar-refractivity contribution in [1.82, 2.24) is 14.4 Å². The number of fused-ring (bicyclic) bond motifs is 3. The lowest BCUT2D eigenvalue weighted by Crippen LogP contribution is -2.46. The zero-order valence-corrected chi connectivity index (χ0v) is 20.1. The largest absolute Gasteiger partial charge is 0.492 e. The van der Waals surface area contributed by atoms with Crippen molar-refractivity contribution in [3.8, 4) is 5.75 Å². The number of ether oxygens (including phenoxy) is 2. The van der Waals surface area contributed by atoms with Crippen LogP contribution in [0.2, 0.25) is 5.02 Å². The maximum absolute atomic E-state index is 13.7. The highest BCUT2D eigenvalue weighted by molar-refractivity contribution is 6.31. The second-order valence-corrected chi connectivity index (χ2v) is 10.1. The van der Waals surface area contributed by atoms with Crippen molar-refractivity contribution >= 4 is 28.4 Å². The molecule has 0 radical (unpaired) electrons. The molecule has 0 atom stereocenters. The van der Waals surface area contributed by atoms with Crippen molar-refractivity contribution in [2.75, 3.05) is 52.5 Å². The molecule has 2 saturated heterocycles. The molecular formula is C27H30ClN3O3. The molecule has 2 aromatic carbocycles. The van der Waals surface area contributed by atoms with Gasteiger partial charge in [0.25, 0.3) is 5.91 Å². The third kappa shape index (κ3) is 3.88. The summed E-state index contributed by atoms with van der Waals surface area (Å²) in [5.41, 5.74) is 3.13. The predicted octanol–water partition coefficient (Wildman–Crippen LogP) is 4.19. The first kappa shape index (κ1) is 22.0. The van der Waals surface area contributed by atoms with Crippen LogP contribution in [-0.2, 0) is 16.7 Å². The van der Waals surface area contributed by atoms with E-state index in [4.69, 9.17) is 21.1 Å². The normalized spacial score (nSPS) is 20.0. The lowest BCUT2D eigenvalue weighted by atomic mass is 9.74. The zero-order valence-electron chi connectivity index (χ0n) is 19.3. The van der Waals surface area contributed by atoms with Crippen LogP contribution in [0.5, 0.6) is 5.75 Å². The van der Waals surface area contributed by atoms with Gasteiger partial charge in [0.1, 0.15) is 5.75 Å². The first-order valence-corrected chi connectivity index (χ1v) is 12.6. The van der Waals surface area contributed by atoms with E-state index < -0.39 is 0 Å². The summed E-state index contributed by atoms with van der Waals surface area (Å²) in [6.45, 7) is 7.42. The summed E-state index contributed by atoms with van der Waals surface area (Å²) in [7, 11) is 0. The number of piperidine rings is 1. The van der Waals surface area contributed by atoms with Crippen LogP contribution in [0, 0.1) is 0 Å². The molecule has 1 amide bonds. The fraction of sp³-hybridized carbons (Fsp3) is 0.444. The Hall–Kier alpha value is -2.54. The van der Waals surface area contributed by atoms with Gasteiger partial charge in [0.2, 0.25) is 0 Å². The van der Waals surface area contributed by atoms with E-state index in [1.165, 1.54) is 5.56 Å². The van der Waals surface area contributed by atoms with Crippen molar-refractivity contribution in [3.05, 3.63) is 64.8 Å². The molecule has 0 bridgehead atoms. The monoisotopic (exact) mass is 479 g/mol. The number of aromatic nitrogens is 1. The predicted molar refractivity (Wildman–Crippen MR) is 133 cm³/mol. The number of carbonyl (C=O) groups excluding carboxylic acids is 1. The molecular weight excluding hydrogens is 450 g/mol. The van der Waals surface area contributed by atoms with E-state index in [-0.39, 0.29) is 11.3 Å². The molecule has 0 aliphatic carbocycles. The Kier molecular flexibility index (Phi) is 5.76. The molecule has 6 rings (SSSR count). The molecule has 7 heteroatoms. The summed E-state index contributed by atoms with van der Waals surface area (Å²) in [4.78, 5) is 18.1. The number of likely N-dealkylation sites (tertiary alicyclic amines) is 1. The van der Waals surface area contributed by atoms with E-state index in [2.05, 4.69) is 27.7 Å². The number of benzene rings is 2. The van der Waals surface area contributed by atoms with Crippen molar-refractivity contribution in [1.29, 1.82) is 0 Å². The SMILES string of the molecule is O=C(c1cn(CCN2CCOCC2)c2cc(Cl)ccc12)N1CCC2(CC1)COc1ccccc12. The Morgan fingerprint density at radius 3 is 2.62 bits per heavy atom. The minimum atomic E-state index is 0.0348. The van der Waals surface area contributed by atoms with Gasteiger partial charge >= 0.3 is 0 Å². The number of hydrogen-bond acceptors (Lipinski definition) is 4. The number of nitrogens with zero attached hydrogens (tertiary/aromatic N) is 3. The van der Waals surface area contributed by atoms with Crippen LogP contribution in [0.4, 0.5) is 0 Å². The molecule has 34 heavy (non-hydrogen) atoms. The number of morpholine rings is 1. The Morgan fingerprint density at radius 1 is 1.00 bits per heavy atom. The van der Waals surface area contributed by atoms with E-state index >= 15 is 0 Å². The number of para-hydroxylation sites is 1. The third-order valence-electron chi connectivity index (χ3n) is 7.81. The molecule has 3 aliphatic rings. The number of hydrogen-bond donors (Lipinski definition) is 0. The van der Waals surface area contributed by atoms with Gasteiger partial charge < -0.3 is 18.9 Å². The van der Waals surface area contributed by atoms with Gasteiger partial charge in [0, 0.05) is 66.9 Å². The average Bonchev–Trinajstić information content (AvgIpc) is 3.42. The van der Waals surface area contributed by atoms with E-state index in [0.717, 1.165) is 87.5 Å². The fourth-order valence-electron chi connectivity index (χ4n) is 5.74. The summed E-state index contributed by atoms with van der Waals surface area (Å²) >= 11 is 6.34. The molecule has 4 heterocycles. The fourth-order valence-corrected chi connectivity index (χ4v) is 5.91. The van der Waals surface area contributed by atoms with Gasteiger partial charge in [-0.3, -0.25) is 9.69 Å². The Bertz CT molecular complexity index is 1210. The second kappa shape index (κ2) is 8.91. The van der Waals surface area contributed by atoms with Gasteiger partial charge in [-0.2, -0.15) is 0 Å². The minimum absolute atomic E-state index is 0.0348. The van der Waals surface area contributed by atoms with Crippen molar-refractivity contribution < 1.29 is 14.3 Å². The quantitative estimate of drug-likeness (QED) is 0.563. The highest BCUT2D eigenvalue weighted by atomic mass is 35.5. The first-order valence-electron chi connectivity index (χ1n) is 12.2. The van der Waals surface area contributed by atoms with Crippen LogP contribution in [-0.4, -0.2) is 72.8 Å². The number of carbonyl (C=O) groups is 1. The minimum Gasteiger partial charge on any atom is -0.492 e. The topological polar surface area (TPSA) is 46.9 Å². The number of rotatable bonds is 4. The molecule has 0 unspecified atom stereocenters. The molecule has 0 saturated carbocycles. The molecule has 1 aromatic heterocycles. The van der Waals surface area contributed by atoms with Crippen LogP contribution in [0.1, 0.15) is 28.8 Å². The van der Waals surface area contributed by atoms with Crippen LogP contribution >= 0.6 is 11.6 Å². The lowest BCUT2D eigenvalue weighted by Gasteiger charge is -2.38. The second-order valence-electron chi connectivity index (χ2n) is 9.71. The van der Waals surface area contributed by atoms with Crippen molar-refractivity contribution in [3.63, 3.8) is 0 Å². The molecule has 3 aliphatic heterocycles. The van der Waals surface area contributed by atoms with Gasteiger partial charge in [-0.25, -0.2) is 0 Å². The number of halogens is 1. The Balaban J connectivity index is 1.21. The molecule has 1 spiro atoms. The first-order chi connectivity index (χ1) is 16.6. The van der Waals surface area contributed by atoms with Crippen LogP contribution in [0.15, 0.2) is 48.7 Å². The summed E-state index contributed by atoms with van der Waals surface area (Å²) in [6, 6.07) is 14.2. The van der Waals surface area contributed by atoms with Gasteiger partial charge in [0.15, 0.2) is 0 Å². The number of amides is 1. The highest BCUT2D eigenvalue weighted by Crippen LogP contribution is 2.45. The Labute approximate surface area is 205 Å². The molecule has 2 fully saturated rings. The van der Waals surface area contributed by atoms with E-state index in [9.17, 15) is 4.79 Å². The van der Waals surface area contributed by atoms with Crippen LogP contribution in [0.3, 0.4) is 0 Å². The van der Waals surface area contributed by atoms with Gasteiger partial charge in [-0.1, -0.05) is 35.9 Å².